The van der Waals surface area contributed by atoms with E-state index in [1.807, 2.05) is 0 Å². The molecule has 0 amide bonds. The number of oxime groups is 1. The van der Waals surface area contributed by atoms with E-state index in [2.05, 4.69) is 24.9 Å². The van der Waals surface area contributed by atoms with Gasteiger partial charge < -0.3 is 10.6 Å². The molecule has 0 aromatic carbocycles. The van der Waals surface area contributed by atoms with Gasteiger partial charge in [0.25, 0.3) is 0 Å². The van der Waals surface area contributed by atoms with Gasteiger partial charge in [-0.15, -0.1) is 0 Å². The number of nitrogens with two attached hydrogens (primary N) is 1. The number of nitrogen functional groups attached to an aromatic ring is 1. The van der Waals surface area contributed by atoms with Crippen molar-refractivity contribution in [3.05, 3.63) is 5.69 Å². The van der Waals surface area contributed by atoms with Gasteiger partial charge in [0.2, 0.25) is 5.17 Å². The fourth-order valence-corrected chi connectivity index (χ4v) is 0.662. The lowest BCUT2D eigenvalue weighted by Crippen LogP contribution is -1.98. The monoisotopic (exact) mass is 176 g/mol. The number of hydrogen-bond donors (Lipinski definition) is 1. The van der Waals surface area contributed by atoms with Crippen molar-refractivity contribution in [2.45, 2.75) is 0 Å². The van der Waals surface area contributed by atoms with Gasteiger partial charge in [-0.3, -0.25) is 0 Å². The minimum atomic E-state index is 0.00579. The van der Waals surface area contributed by atoms with Crippen LogP contribution < -0.4 is 5.73 Å². The molecule has 0 bridgehead atoms. The Labute approximate surface area is 66.9 Å². The number of hydrogen-bond acceptors (Lipinski definition) is 6. The van der Waals surface area contributed by atoms with Gasteiger partial charge >= 0.3 is 0 Å². The van der Waals surface area contributed by atoms with Gasteiger partial charge in [0.05, 0.1) is 0 Å². The second-order valence-corrected chi connectivity index (χ2v) is 1.92. The Morgan fingerprint density at radius 1 is 1.73 bits per heavy atom. The maximum absolute atomic E-state index is 5.54. The molecule has 1 rings (SSSR count). The minimum absolute atomic E-state index is 0.00579. The van der Waals surface area contributed by atoms with Crippen molar-refractivity contribution in [2.75, 3.05) is 12.8 Å². The van der Waals surface area contributed by atoms with E-state index in [-0.39, 0.29) is 16.7 Å². The summed E-state index contributed by atoms with van der Waals surface area (Å²) >= 11 is 5.54. The molecular formula is C4H5ClN4O2. The van der Waals surface area contributed by atoms with Crippen molar-refractivity contribution in [3.63, 3.8) is 0 Å². The summed E-state index contributed by atoms with van der Waals surface area (Å²) in [5.74, 6) is 0.0794. The Kier molecular flexibility index (Phi) is 2.27. The van der Waals surface area contributed by atoms with E-state index in [0.29, 0.717) is 0 Å². The second-order valence-electron chi connectivity index (χ2n) is 1.56. The Bertz CT molecular complexity index is 271. The molecule has 7 heteroatoms. The molecule has 60 valence electrons. The Balaban J connectivity index is 2.92. The predicted octanol–water partition coefficient (Wildman–Crippen LogP) is 0.199. The summed E-state index contributed by atoms with van der Waals surface area (Å²) in [5.41, 5.74) is 5.46. The molecule has 0 atom stereocenters. The van der Waals surface area contributed by atoms with Gasteiger partial charge in [0, 0.05) is 0 Å². The fraction of sp³-hybridized carbons (Fsp3) is 0.250. The molecule has 0 aliphatic heterocycles. The van der Waals surface area contributed by atoms with E-state index in [9.17, 15) is 0 Å². The molecule has 0 aliphatic rings. The van der Waals surface area contributed by atoms with E-state index in [1.54, 1.807) is 0 Å². The number of anilines is 1. The third-order valence-electron chi connectivity index (χ3n) is 0.881. The third kappa shape index (κ3) is 1.58. The normalized spacial score (nSPS) is 11.6. The zero-order valence-corrected chi connectivity index (χ0v) is 6.37. The van der Waals surface area contributed by atoms with Crippen molar-refractivity contribution in [1.29, 1.82) is 0 Å². The maximum Gasteiger partial charge on any atom is 0.201 e. The van der Waals surface area contributed by atoms with Crippen LogP contribution in [0.25, 0.3) is 0 Å². The standard InChI is InChI=1S/C4H5ClN4O2/c1-10-8-3(5)2-4(6)9-11-7-2/h1H3,(H2,6,9)/b8-3+. The van der Waals surface area contributed by atoms with Crippen LogP contribution in [0.3, 0.4) is 0 Å². The average Bonchev–Trinajstić information content (AvgIpc) is 2.36. The molecule has 1 aromatic rings. The molecular weight excluding hydrogens is 172 g/mol. The zero-order chi connectivity index (χ0) is 8.27. The van der Waals surface area contributed by atoms with E-state index in [1.165, 1.54) is 7.11 Å². The minimum Gasteiger partial charge on any atom is -0.398 e. The van der Waals surface area contributed by atoms with Crippen LogP contribution in [-0.4, -0.2) is 22.6 Å². The molecule has 1 heterocycles. The highest BCUT2D eigenvalue weighted by molar-refractivity contribution is 6.69. The first-order valence-corrected chi connectivity index (χ1v) is 2.98. The zero-order valence-electron chi connectivity index (χ0n) is 5.61. The number of nitrogens with zero attached hydrogens (tertiary/aromatic N) is 3. The summed E-state index contributed by atoms with van der Waals surface area (Å²) in [6, 6.07) is 0. The quantitative estimate of drug-likeness (QED) is 0.514. The van der Waals surface area contributed by atoms with Crippen molar-refractivity contribution >= 4 is 22.6 Å². The van der Waals surface area contributed by atoms with Crippen LogP contribution in [0.4, 0.5) is 5.82 Å². The van der Waals surface area contributed by atoms with Crippen molar-refractivity contribution < 1.29 is 9.47 Å². The number of halogens is 1. The van der Waals surface area contributed by atoms with Crippen molar-refractivity contribution in [3.8, 4) is 0 Å². The third-order valence-corrected chi connectivity index (χ3v) is 1.13. The van der Waals surface area contributed by atoms with Gasteiger partial charge in [-0.05, 0) is 10.3 Å². The molecule has 0 fully saturated rings. The molecule has 0 unspecified atom stereocenters. The molecule has 0 radical (unpaired) electrons. The average molecular weight is 177 g/mol. The van der Waals surface area contributed by atoms with Gasteiger partial charge in [-0.2, -0.15) is 0 Å². The summed E-state index contributed by atoms with van der Waals surface area (Å²) in [6.07, 6.45) is 0. The second kappa shape index (κ2) is 3.20. The summed E-state index contributed by atoms with van der Waals surface area (Å²) in [5, 5.41) is 10.0. The van der Waals surface area contributed by atoms with E-state index < -0.39 is 0 Å². The number of rotatable bonds is 2. The number of aromatic nitrogens is 2. The van der Waals surface area contributed by atoms with Crippen LogP contribution in [0, 0.1) is 0 Å². The molecule has 2 N–H and O–H groups in total. The van der Waals surface area contributed by atoms with Gasteiger partial charge in [-0.25, -0.2) is 4.63 Å². The first kappa shape index (κ1) is 7.80. The van der Waals surface area contributed by atoms with Crippen LogP contribution in [0.2, 0.25) is 0 Å². The summed E-state index contributed by atoms with van der Waals surface area (Å²) in [4.78, 5) is 4.37. The van der Waals surface area contributed by atoms with Crippen LogP contribution >= 0.6 is 11.6 Å². The van der Waals surface area contributed by atoms with Gasteiger partial charge in [0.15, 0.2) is 11.5 Å². The molecule has 0 aliphatic carbocycles. The highest BCUT2D eigenvalue weighted by atomic mass is 35.5. The van der Waals surface area contributed by atoms with Crippen LogP contribution in [0.15, 0.2) is 9.78 Å². The van der Waals surface area contributed by atoms with Gasteiger partial charge in [0.1, 0.15) is 7.11 Å². The maximum atomic E-state index is 5.54. The molecule has 6 nitrogen and oxygen atoms in total. The Hall–Kier alpha value is -1.30. The first-order valence-electron chi connectivity index (χ1n) is 2.60. The molecule has 0 saturated heterocycles. The molecule has 0 spiro atoms. The fourth-order valence-electron chi connectivity index (χ4n) is 0.462. The van der Waals surface area contributed by atoms with Crippen LogP contribution in [0.5, 0.6) is 0 Å². The summed E-state index contributed by atoms with van der Waals surface area (Å²) in [7, 11) is 1.35. The molecule has 0 saturated carbocycles. The largest absolute Gasteiger partial charge is 0.398 e. The predicted molar refractivity (Wildman–Crippen MR) is 38.1 cm³/mol. The Morgan fingerprint density at radius 2 is 2.45 bits per heavy atom. The highest BCUT2D eigenvalue weighted by Crippen LogP contribution is 2.08. The van der Waals surface area contributed by atoms with E-state index >= 15 is 0 Å². The van der Waals surface area contributed by atoms with Crippen molar-refractivity contribution in [2.24, 2.45) is 5.16 Å². The first-order chi connectivity index (χ1) is 5.25. The smallest absolute Gasteiger partial charge is 0.201 e. The van der Waals surface area contributed by atoms with Crippen LogP contribution in [0.1, 0.15) is 5.69 Å². The van der Waals surface area contributed by atoms with Crippen molar-refractivity contribution in [1.82, 2.24) is 10.3 Å². The van der Waals surface area contributed by atoms with E-state index in [4.69, 9.17) is 17.3 Å². The SMILES string of the molecule is CO/N=C(/Cl)c1nonc1N. The Morgan fingerprint density at radius 3 is 2.91 bits per heavy atom. The lowest BCUT2D eigenvalue weighted by Gasteiger charge is -1.89. The highest BCUT2D eigenvalue weighted by Gasteiger charge is 2.11. The summed E-state index contributed by atoms with van der Waals surface area (Å²) < 4.78 is 4.27. The van der Waals surface area contributed by atoms with Gasteiger partial charge in [-0.1, -0.05) is 16.8 Å². The van der Waals surface area contributed by atoms with Crippen LogP contribution in [-0.2, 0) is 4.84 Å². The molecule has 11 heavy (non-hydrogen) atoms. The molecule has 1 aromatic heterocycles. The van der Waals surface area contributed by atoms with E-state index in [0.717, 1.165) is 0 Å². The lowest BCUT2D eigenvalue weighted by molar-refractivity contribution is 0.214. The summed E-state index contributed by atoms with van der Waals surface area (Å²) in [6.45, 7) is 0. The topological polar surface area (TPSA) is 86.5 Å². The lowest BCUT2D eigenvalue weighted by atomic mass is 10.5.